The summed E-state index contributed by atoms with van der Waals surface area (Å²) in [6, 6.07) is 35.3. The highest BCUT2D eigenvalue weighted by Crippen LogP contribution is 2.34. The van der Waals surface area contributed by atoms with Crippen molar-refractivity contribution in [2.45, 2.75) is 0 Å². The minimum atomic E-state index is 0.639. The average molecular weight is 419 g/mol. The van der Waals surface area contributed by atoms with E-state index in [0.29, 0.717) is 5.89 Å². The molecule has 4 aromatic carbocycles. The van der Waals surface area contributed by atoms with Crippen LogP contribution in [0, 0.1) is 0 Å². The van der Waals surface area contributed by atoms with Crippen molar-refractivity contribution in [3.8, 4) is 21.9 Å². The Kier molecular flexibility index (Phi) is 4.29. The Labute approximate surface area is 183 Å². The monoisotopic (exact) mass is 418 g/mol. The molecule has 0 radical (unpaired) electrons. The number of hydrogen-bond acceptors (Lipinski definition) is 4. The van der Waals surface area contributed by atoms with Crippen molar-refractivity contribution in [2.75, 3.05) is 5.32 Å². The van der Waals surface area contributed by atoms with Crippen molar-refractivity contribution >= 4 is 43.9 Å². The van der Waals surface area contributed by atoms with Crippen LogP contribution in [0.3, 0.4) is 0 Å². The normalized spacial score (nSPS) is 11.2. The summed E-state index contributed by atoms with van der Waals surface area (Å²) in [7, 11) is 0. The lowest BCUT2D eigenvalue weighted by molar-refractivity contribution is 0.620. The maximum atomic E-state index is 5.86. The van der Waals surface area contributed by atoms with Gasteiger partial charge in [0, 0.05) is 26.5 Å². The summed E-state index contributed by atoms with van der Waals surface area (Å²) in [6.45, 7) is 0. The zero-order valence-electron chi connectivity index (χ0n) is 16.6. The number of benzene rings is 4. The summed E-state index contributed by atoms with van der Waals surface area (Å²) in [5.74, 6) is 0.639. The molecule has 0 fully saturated rings. The van der Waals surface area contributed by atoms with Gasteiger partial charge in [-0.2, -0.15) is 0 Å². The van der Waals surface area contributed by atoms with Gasteiger partial charge < -0.3 is 9.73 Å². The lowest BCUT2D eigenvalue weighted by Gasteiger charge is -2.07. The number of thiophene rings is 1. The highest BCUT2D eigenvalue weighted by molar-refractivity contribution is 7.22. The minimum absolute atomic E-state index is 0.639. The lowest BCUT2D eigenvalue weighted by Crippen LogP contribution is -1.90. The molecular formula is C27H18N2OS. The molecule has 0 aliphatic heterocycles. The number of fused-ring (bicyclic) bond motifs is 2. The van der Waals surface area contributed by atoms with Crippen LogP contribution in [0.15, 0.2) is 108 Å². The van der Waals surface area contributed by atoms with Gasteiger partial charge in [0.1, 0.15) is 5.52 Å². The number of hydrogen-bond donors (Lipinski definition) is 1. The second kappa shape index (κ2) is 7.42. The fourth-order valence-corrected chi connectivity index (χ4v) is 4.77. The zero-order chi connectivity index (χ0) is 20.6. The van der Waals surface area contributed by atoms with Crippen molar-refractivity contribution in [3.05, 3.63) is 103 Å². The number of rotatable bonds is 4. The molecule has 0 saturated carbocycles. The third-order valence-corrected chi connectivity index (χ3v) is 6.47. The minimum Gasteiger partial charge on any atom is -0.436 e. The van der Waals surface area contributed by atoms with E-state index in [9.17, 15) is 0 Å². The molecule has 0 amide bonds. The first-order valence-electron chi connectivity index (χ1n) is 10.1. The van der Waals surface area contributed by atoms with Gasteiger partial charge in [-0.15, -0.1) is 11.3 Å². The summed E-state index contributed by atoms with van der Waals surface area (Å²) < 4.78 is 7.18. The molecular weight excluding hydrogens is 400 g/mol. The van der Waals surface area contributed by atoms with Crippen LogP contribution in [-0.4, -0.2) is 4.98 Å². The Morgan fingerprint density at radius 2 is 1.35 bits per heavy atom. The van der Waals surface area contributed by atoms with E-state index < -0.39 is 0 Å². The second-order valence-corrected chi connectivity index (χ2v) is 8.50. The van der Waals surface area contributed by atoms with Gasteiger partial charge in [-0.25, -0.2) is 4.98 Å². The fraction of sp³-hybridized carbons (Fsp3) is 0. The number of anilines is 2. The van der Waals surface area contributed by atoms with Gasteiger partial charge in [0.2, 0.25) is 5.89 Å². The van der Waals surface area contributed by atoms with Gasteiger partial charge in [0.05, 0.1) is 0 Å². The molecule has 0 aliphatic carbocycles. The largest absolute Gasteiger partial charge is 0.436 e. The van der Waals surface area contributed by atoms with Crippen molar-refractivity contribution in [1.82, 2.24) is 4.98 Å². The van der Waals surface area contributed by atoms with Crippen LogP contribution < -0.4 is 5.32 Å². The Morgan fingerprint density at radius 1 is 0.677 bits per heavy atom. The number of oxazole rings is 1. The summed E-state index contributed by atoms with van der Waals surface area (Å²) in [4.78, 5) is 5.85. The third kappa shape index (κ3) is 3.47. The van der Waals surface area contributed by atoms with Crippen LogP contribution in [0.1, 0.15) is 0 Å². The van der Waals surface area contributed by atoms with E-state index >= 15 is 0 Å². The van der Waals surface area contributed by atoms with Crippen molar-refractivity contribution in [3.63, 3.8) is 0 Å². The fourth-order valence-electron chi connectivity index (χ4n) is 3.70. The molecule has 0 spiro atoms. The van der Waals surface area contributed by atoms with Gasteiger partial charge in [-0.05, 0) is 71.6 Å². The van der Waals surface area contributed by atoms with Crippen LogP contribution >= 0.6 is 11.3 Å². The maximum Gasteiger partial charge on any atom is 0.227 e. The molecule has 4 heteroatoms. The SMILES string of the molecule is c1ccc2sc(-c3ccc(Nc4ccc(-c5nc6ccccc6o5)cc4)cc3)cc2c1. The molecule has 3 nitrogen and oxygen atoms in total. The summed E-state index contributed by atoms with van der Waals surface area (Å²) in [6.07, 6.45) is 0. The Bertz CT molecular complexity index is 1310. The highest BCUT2D eigenvalue weighted by Gasteiger charge is 2.08. The smallest absolute Gasteiger partial charge is 0.227 e. The van der Waals surface area contributed by atoms with Gasteiger partial charge in [0.15, 0.2) is 5.58 Å². The van der Waals surface area contributed by atoms with Crippen molar-refractivity contribution < 1.29 is 4.42 Å². The van der Waals surface area contributed by atoms with Crippen LogP contribution in [-0.2, 0) is 0 Å². The lowest BCUT2D eigenvalue weighted by atomic mass is 10.1. The molecule has 0 saturated heterocycles. The molecule has 0 atom stereocenters. The molecule has 2 aromatic heterocycles. The molecule has 0 aliphatic rings. The van der Waals surface area contributed by atoms with Crippen molar-refractivity contribution in [1.29, 1.82) is 0 Å². The van der Waals surface area contributed by atoms with Crippen LogP contribution in [0.4, 0.5) is 11.4 Å². The van der Waals surface area contributed by atoms with Crippen LogP contribution in [0.25, 0.3) is 43.1 Å². The number of nitrogens with one attached hydrogen (secondary N) is 1. The van der Waals surface area contributed by atoms with E-state index in [1.54, 1.807) is 0 Å². The predicted molar refractivity (Wildman–Crippen MR) is 130 cm³/mol. The predicted octanol–water partition coefficient (Wildman–Crippen LogP) is 8.12. The molecule has 2 heterocycles. The van der Waals surface area contributed by atoms with Crippen LogP contribution in [0.2, 0.25) is 0 Å². The average Bonchev–Trinajstić information content (AvgIpc) is 3.44. The van der Waals surface area contributed by atoms with E-state index in [1.165, 1.54) is 20.5 Å². The van der Waals surface area contributed by atoms with E-state index in [-0.39, 0.29) is 0 Å². The first-order valence-corrected chi connectivity index (χ1v) is 11.0. The van der Waals surface area contributed by atoms with E-state index in [0.717, 1.165) is 28.0 Å². The van der Waals surface area contributed by atoms with Gasteiger partial charge in [-0.1, -0.05) is 42.5 Å². The molecule has 6 rings (SSSR count). The Balaban J connectivity index is 1.20. The summed E-state index contributed by atoms with van der Waals surface area (Å²) in [5, 5.41) is 4.76. The molecule has 0 bridgehead atoms. The topological polar surface area (TPSA) is 38.1 Å². The first-order chi connectivity index (χ1) is 15.3. The third-order valence-electron chi connectivity index (χ3n) is 5.31. The molecule has 148 valence electrons. The Hall–Kier alpha value is -3.89. The van der Waals surface area contributed by atoms with E-state index in [4.69, 9.17) is 4.42 Å². The number of nitrogens with zero attached hydrogens (tertiary/aromatic N) is 1. The molecule has 1 N–H and O–H groups in total. The summed E-state index contributed by atoms with van der Waals surface area (Å²) >= 11 is 1.83. The second-order valence-electron chi connectivity index (χ2n) is 7.41. The highest BCUT2D eigenvalue weighted by atomic mass is 32.1. The molecule has 31 heavy (non-hydrogen) atoms. The van der Waals surface area contributed by atoms with Gasteiger partial charge in [0.25, 0.3) is 0 Å². The van der Waals surface area contributed by atoms with Crippen LogP contribution in [0.5, 0.6) is 0 Å². The number of para-hydroxylation sites is 2. The quantitative estimate of drug-likeness (QED) is 0.314. The van der Waals surface area contributed by atoms with E-state index in [2.05, 4.69) is 64.9 Å². The maximum absolute atomic E-state index is 5.86. The molecule has 0 unspecified atom stereocenters. The molecule has 6 aromatic rings. The first kappa shape index (κ1) is 17.9. The zero-order valence-corrected chi connectivity index (χ0v) is 17.4. The van der Waals surface area contributed by atoms with Gasteiger partial charge in [-0.3, -0.25) is 0 Å². The van der Waals surface area contributed by atoms with Crippen molar-refractivity contribution in [2.24, 2.45) is 0 Å². The van der Waals surface area contributed by atoms with E-state index in [1.807, 2.05) is 59.9 Å². The Morgan fingerprint density at radius 3 is 2.10 bits per heavy atom. The summed E-state index contributed by atoms with van der Waals surface area (Å²) in [5.41, 5.74) is 5.95. The number of aromatic nitrogens is 1. The van der Waals surface area contributed by atoms with Gasteiger partial charge >= 0.3 is 0 Å². The standard InChI is InChI=1S/C27H18N2OS/c1-4-8-25-20(5-1)17-26(31-25)18-9-13-21(14-10-18)28-22-15-11-19(12-16-22)27-29-23-6-2-3-7-24(23)30-27/h1-17,28H.